The molecular formula is C12H24N4O2. The number of hydrogen-bond acceptors (Lipinski definition) is 6. The maximum absolute atomic E-state index is 5.84. The summed E-state index contributed by atoms with van der Waals surface area (Å²) in [4.78, 5) is 0. The first-order valence-electron chi connectivity index (χ1n) is 7.03. The molecule has 3 saturated heterocycles. The van der Waals surface area contributed by atoms with Gasteiger partial charge in [0.15, 0.2) is 0 Å². The van der Waals surface area contributed by atoms with Gasteiger partial charge in [0.05, 0.1) is 25.5 Å². The van der Waals surface area contributed by atoms with Crippen molar-refractivity contribution in [1.29, 1.82) is 0 Å². The van der Waals surface area contributed by atoms with Crippen molar-refractivity contribution in [2.24, 2.45) is 0 Å². The molecule has 0 amide bonds. The Morgan fingerprint density at radius 2 is 1.22 bits per heavy atom. The third kappa shape index (κ3) is 2.41. The van der Waals surface area contributed by atoms with E-state index >= 15 is 0 Å². The lowest BCUT2D eigenvalue weighted by Crippen LogP contribution is -2.69. The van der Waals surface area contributed by atoms with Crippen LogP contribution in [0.25, 0.3) is 0 Å². The average molecular weight is 256 g/mol. The molecule has 0 aromatic heterocycles. The lowest BCUT2D eigenvalue weighted by atomic mass is 10.2. The lowest BCUT2D eigenvalue weighted by molar-refractivity contribution is -0.323. The van der Waals surface area contributed by atoms with E-state index in [9.17, 15) is 0 Å². The van der Waals surface area contributed by atoms with Crippen LogP contribution >= 0.6 is 0 Å². The second-order valence-electron chi connectivity index (χ2n) is 5.33. The van der Waals surface area contributed by atoms with Gasteiger partial charge in [0.1, 0.15) is 13.5 Å². The number of hydrogen-bond donors (Lipinski definition) is 0. The van der Waals surface area contributed by atoms with Gasteiger partial charge in [-0.05, 0) is 12.8 Å². The highest BCUT2D eigenvalue weighted by Crippen LogP contribution is 2.22. The SMILES string of the molecule is CCC1CN2CN3COC(CC)CN3CN2CO1. The predicted molar refractivity (Wildman–Crippen MR) is 66.9 cm³/mol. The second-order valence-corrected chi connectivity index (χ2v) is 5.33. The van der Waals surface area contributed by atoms with Gasteiger partial charge in [-0.2, -0.15) is 10.0 Å². The van der Waals surface area contributed by atoms with Crippen LogP contribution in [0.15, 0.2) is 0 Å². The number of rotatable bonds is 2. The van der Waals surface area contributed by atoms with Gasteiger partial charge in [-0.15, -0.1) is 0 Å². The van der Waals surface area contributed by atoms with E-state index in [0.717, 1.165) is 52.7 Å². The summed E-state index contributed by atoms with van der Waals surface area (Å²) in [5.74, 6) is 0. The van der Waals surface area contributed by atoms with Crippen molar-refractivity contribution in [3.63, 3.8) is 0 Å². The number of ether oxygens (including phenoxy) is 2. The van der Waals surface area contributed by atoms with Gasteiger partial charge in [0.25, 0.3) is 0 Å². The molecule has 3 fully saturated rings. The standard InChI is InChI=1S/C12H24N4O2/c1-3-11-5-13-7-16-10-18-12(4-2)6-14(16)8-15(13)9-17-11/h11-12H,3-10H2,1-2H3. The molecule has 104 valence electrons. The fourth-order valence-electron chi connectivity index (χ4n) is 2.78. The molecule has 0 bridgehead atoms. The van der Waals surface area contributed by atoms with Gasteiger partial charge >= 0.3 is 0 Å². The molecule has 3 rings (SSSR count). The highest BCUT2D eigenvalue weighted by molar-refractivity contribution is 4.75. The first kappa shape index (κ1) is 12.8. The van der Waals surface area contributed by atoms with Crippen LogP contribution < -0.4 is 0 Å². The highest BCUT2D eigenvalue weighted by Gasteiger charge is 2.37. The number of nitrogens with zero attached hydrogens (tertiary/aromatic N) is 4. The molecule has 2 atom stereocenters. The molecule has 3 heterocycles. The summed E-state index contributed by atoms with van der Waals surface area (Å²) < 4.78 is 11.7. The molecule has 0 saturated carbocycles. The predicted octanol–water partition coefficient (Wildman–Crippen LogP) is 0.486. The number of hydrazine groups is 2. The normalized spacial score (nSPS) is 36.3. The fourth-order valence-corrected chi connectivity index (χ4v) is 2.78. The third-order valence-corrected chi connectivity index (χ3v) is 4.11. The molecule has 0 aliphatic carbocycles. The van der Waals surface area contributed by atoms with Gasteiger partial charge in [-0.1, -0.05) is 13.8 Å². The molecule has 3 aliphatic rings. The maximum atomic E-state index is 5.84. The van der Waals surface area contributed by atoms with E-state index in [1.165, 1.54) is 0 Å². The fraction of sp³-hybridized carbons (Fsp3) is 1.00. The van der Waals surface area contributed by atoms with Crippen LogP contribution in [0.1, 0.15) is 26.7 Å². The Hall–Kier alpha value is -0.240. The molecule has 0 aromatic rings. The Bertz CT molecular complexity index is 263. The monoisotopic (exact) mass is 256 g/mol. The van der Waals surface area contributed by atoms with E-state index in [1.807, 2.05) is 0 Å². The number of fused-ring (bicyclic) bond motifs is 2. The summed E-state index contributed by atoms with van der Waals surface area (Å²) in [6.07, 6.45) is 2.93. The summed E-state index contributed by atoms with van der Waals surface area (Å²) >= 11 is 0. The van der Waals surface area contributed by atoms with Gasteiger partial charge in [-0.3, -0.25) is 0 Å². The van der Waals surface area contributed by atoms with E-state index in [1.54, 1.807) is 0 Å². The lowest BCUT2D eigenvalue weighted by Gasteiger charge is -2.54. The van der Waals surface area contributed by atoms with Crippen LogP contribution in [0.2, 0.25) is 0 Å². The zero-order valence-corrected chi connectivity index (χ0v) is 11.4. The smallest absolute Gasteiger partial charge is 0.114 e. The van der Waals surface area contributed by atoms with Crippen LogP contribution in [0, 0.1) is 0 Å². The first-order chi connectivity index (χ1) is 8.80. The second kappa shape index (κ2) is 5.40. The molecule has 6 heteroatoms. The average Bonchev–Trinajstić information content (AvgIpc) is 2.43. The summed E-state index contributed by atoms with van der Waals surface area (Å²) in [7, 11) is 0. The third-order valence-electron chi connectivity index (χ3n) is 4.11. The van der Waals surface area contributed by atoms with Gasteiger partial charge in [0, 0.05) is 13.1 Å². The molecule has 6 nitrogen and oxygen atoms in total. The van der Waals surface area contributed by atoms with Crippen molar-refractivity contribution in [2.45, 2.75) is 38.9 Å². The van der Waals surface area contributed by atoms with E-state index < -0.39 is 0 Å². The summed E-state index contributed by atoms with van der Waals surface area (Å²) in [5, 5.41) is 9.40. The van der Waals surface area contributed by atoms with Crippen molar-refractivity contribution in [3.8, 4) is 0 Å². The first-order valence-corrected chi connectivity index (χ1v) is 7.03. The molecule has 3 aliphatic heterocycles. The molecule has 0 aromatic carbocycles. The van der Waals surface area contributed by atoms with Crippen LogP contribution in [-0.2, 0) is 9.47 Å². The van der Waals surface area contributed by atoms with Crippen molar-refractivity contribution in [1.82, 2.24) is 20.0 Å². The zero-order valence-electron chi connectivity index (χ0n) is 11.4. The van der Waals surface area contributed by atoms with E-state index in [0.29, 0.717) is 12.2 Å². The molecule has 2 unspecified atom stereocenters. The minimum absolute atomic E-state index is 0.377. The Morgan fingerprint density at radius 3 is 1.61 bits per heavy atom. The summed E-state index contributed by atoms with van der Waals surface area (Å²) in [6.45, 7) is 9.67. The molecule has 0 spiro atoms. The minimum atomic E-state index is 0.377. The van der Waals surface area contributed by atoms with Crippen LogP contribution in [0.3, 0.4) is 0 Å². The highest BCUT2D eigenvalue weighted by atomic mass is 16.5. The quantitative estimate of drug-likeness (QED) is 0.714. The topological polar surface area (TPSA) is 31.4 Å². The van der Waals surface area contributed by atoms with Crippen molar-refractivity contribution in [2.75, 3.05) is 39.9 Å². The van der Waals surface area contributed by atoms with Crippen molar-refractivity contribution in [3.05, 3.63) is 0 Å². The van der Waals surface area contributed by atoms with Crippen LogP contribution in [-0.4, -0.2) is 72.1 Å². The Labute approximate surface area is 109 Å². The van der Waals surface area contributed by atoms with E-state index in [2.05, 4.69) is 33.9 Å². The van der Waals surface area contributed by atoms with Crippen LogP contribution in [0.5, 0.6) is 0 Å². The van der Waals surface area contributed by atoms with Gasteiger partial charge in [0.2, 0.25) is 0 Å². The Morgan fingerprint density at radius 1 is 0.778 bits per heavy atom. The summed E-state index contributed by atoms with van der Waals surface area (Å²) in [5.41, 5.74) is 0. The molecular weight excluding hydrogens is 232 g/mol. The Balaban J connectivity index is 1.61. The minimum Gasteiger partial charge on any atom is -0.360 e. The van der Waals surface area contributed by atoms with E-state index in [-0.39, 0.29) is 0 Å². The van der Waals surface area contributed by atoms with Crippen molar-refractivity contribution < 1.29 is 9.47 Å². The summed E-state index contributed by atoms with van der Waals surface area (Å²) in [6, 6.07) is 0. The zero-order chi connectivity index (χ0) is 12.5. The maximum Gasteiger partial charge on any atom is 0.114 e. The largest absolute Gasteiger partial charge is 0.360 e. The van der Waals surface area contributed by atoms with Gasteiger partial charge in [-0.25, -0.2) is 10.0 Å². The molecule has 0 N–H and O–H groups in total. The van der Waals surface area contributed by atoms with E-state index in [4.69, 9.17) is 9.47 Å². The van der Waals surface area contributed by atoms with Crippen molar-refractivity contribution >= 4 is 0 Å². The molecule has 18 heavy (non-hydrogen) atoms. The Kier molecular flexibility index (Phi) is 3.83. The van der Waals surface area contributed by atoms with Gasteiger partial charge < -0.3 is 9.47 Å². The van der Waals surface area contributed by atoms with Crippen LogP contribution in [0.4, 0.5) is 0 Å². The molecule has 0 radical (unpaired) electrons.